The molecule has 0 atom stereocenters. The molecular weight excluding hydrogens is 439 g/mol. The lowest BCUT2D eigenvalue weighted by Crippen LogP contribution is -2.53. The summed E-state index contributed by atoms with van der Waals surface area (Å²) in [6.45, 7) is 9.16. The second-order valence-corrected chi connectivity index (χ2v) is 7.64. The molecule has 0 saturated carbocycles. The van der Waals surface area contributed by atoms with E-state index < -0.39 is 0 Å². The number of likely N-dealkylation sites (tertiary alicyclic amines) is 1. The number of guanidine groups is 1. The molecule has 1 aromatic rings. The molecule has 0 spiro atoms. The summed E-state index contributed by atoms with van der Waals surface area (Å²) in [5.74, 6) is 1.01. The van der Waals surface area contributed by atoms with Crippen molar-refractivity contribution < 1.29 is 4.74 Å². The maximum Gasteiger partial charge on any atom is 0.193 e. The Kier molecular flexibility index (Phi) is 8.16. The van der Waals surface area contributed by atoms with Gasteiger partial charge in [-0.3, -0.25) is 9.89 Å². The third-order valence-corrected chi connectivity index (χ3v) is 5.57. The minimum Gasteiger partial charge on any atom is -0.381 e. The Hall–Kier alpha value is -0.860. The van der Waals surface area contributed by atoms with Gasteiger partial charge in [-0.05, 0) is 62.4 Å². The minimum atomic E-state index is 0. The Morgan fingerprint density at radius 1 is 1.27 bits per heavy atom. The summed E-state index contributed by atoms with van der Waals surface area (Å²) in [4.78, 5) is 7.34. The molecule has 0 aliphatic carbocycles. The van der Waals surface area contributed by atoms with Gasteiger partial charge >= 0.3 is 0 Å². The van der Waals surface area contributed by atoms with Gasteiger partial charge in [-0.25, -0.2) is 0 Å². The first-order valence-electron chi connectivity index (χ1n) is 9.59. The van der Waals surface area contributed by atoms with Crippen molar-refractivity contribution in [3.63, 3.8) is 0 Å². The van der Waals surface area contributed by atoms with E-state index in [1.165, 1.54) is 31.5 Å². The van der Waals surface area contributed by atoms with Crippen LogP contribution in [0.4, 0.5) is 5.69 Å². The Morgan fingerprint density at radius 2 is 1.96 bits per heavy atom. The van der Waals surface area contributed by atoms with Gasteiger partial charge in [-0.2, -0.15) is 0 Å². The maximum absolute atomic E-state index is 6.20. The fourth-order valence-corrected chi connectivity index (χ4v) is 3.91. The fraction of sp³-hybridized carbons (Fsp3) is 0.650. The second-order valence-electron chi connectivity index (χ2n) is 7.64. The van der Waals surface area contributed by atoms with E-state index in [4.69, 9.17) is 15.5 Å². The van der Waals surface area contributed by atoms with Crippen LogP contribution in [-0.2, 0) is 4.74 Å². The summed E-state index contributed by atoms with van der Waals surface area (Å²) in [7, 11) is 0. The molecule has 3 N–H and O–H groups in total. The zero-order chi connectivity index (χ0) is 17.7. The Labute approximate surface area is 174 Å². The standard InChI is InChI=1S/C20H32N4O.HI/c1-16(2)17-6-5-7-18(14-17)23-19(21)22-15-20(8-12-25-13-9-20)24-10-3-4-11-24;/h5-7,14,16H,3-4,8-13,15H2,1-2H3,(H3,21,22,23);1H. The predicted octanol–water partition coefficient (Wildman–Crippen LogP) is 3.80. The highest BCUT2D eigenvalue weighted by atomic mass is 127. The topological polar surface area (TPSA) is 62.9 Å². The van der Waals surface area contributed by atoms with Crippen LogP contribution in [-0.4, -0.2) is 49.2 Å². The lowest BCUT2D eigenvalue weighted by Gasteiger charge is -2.43. The molecule has 26 heavy (non-hydrogen) atoms. The average molecular weight is 472 g/mol. The van der Waals surface area contributed by atoms with Crippen LogP contribution in [0.25, 0.3) is 0 Å². The van der Waals surface area contributed by atoms with E-state index >= 15 is 0 Å². The van der Waals surface area contributed by atoms with Gasteiger partial charge < -0.3 is 15.8 Å². The Balaban J connectivity index is 0.00000243. The van der Waals surface area contributed by atoms with Gasteiger partial charge in [0.25, 0.3) is 0 Å². The molecule has 0 aromatic heterocycles. The van der Waals surface area contributed by atoms with Gasteiger partial charge in [-0.15, -0.1) is 24.0 Å². The molecule has 0 radical (unpaired) electrons. The summed E-state index contributed by atoms with van der Waals surface area (Å²) in [6.07, 6.45) is 4.68. The number of halogens is 1. The van der Waals surface area contributed by atoms with Gasteiger partial charge in [0.15, 0.2) is 5.96 Å². The number of nitrogens with two attached hydrogens (primary N) is 1. The molecule has 1 aromatic carbocycles. The number of hydrogen-bond acceptors (Lipinski definition) is 3. The number of aliphatic imine (C=N–C) groups is 1. The number of nitrogens with one attached hydrogen (secondary N) is 1. The minimum absolute atomic E-state index is 0. The quantitative estimate of drug-likeness (QED) is 0.389. The van der Waals surface area contributed by atoms with Crippen molar-refractivity contribution in [2.45, 2.75) is 51.0 Å². The summed E-state index contributed by atoms with van der Waals surface area (Å²) in [5, 5.41) is 3.26. The summed E-state index contributed by atoms with van der Waals surface area (Å²) >= 11 is 0. The number of rotatable bonds is 5. The van der Waals surface area contributed by atoms with Crippen LogP contribution in [0, 0.1) is 0 Å². The highest BCUT2D eigenvalue weighted by molar-refractivity contribution is 14.0. The van der Waals surface area contributed by atoms with Crippen molar-refractivity contribution in [3.8, 4) is 0 Å². The number of ether oxygens (including phenoxy) is 1. The van der Waals surface area contributed by atoms with E-state index in [-0.39, 0.29) is 29.5 Å². The molecule has 2 heterocycles. The number of anilines is 1. The van der Waals surface area contributed by atoms with Crippen molar-refractivity contribution >= 4 is 35.6 Å². The highest BCUT2D eigenvalue weighted by Gasteiger charge is 2.39. The van der Waals surface area contributed by atoms with Crippen molar-refractivity contribution in [1.29, 1.82) is 0 Å². The second kappa shape index (κ2) is 9.90. The van der Waals surface area contributed by atoms with Gasteiger partial charge in [0, 0.05) is 24.4 Å². The van der Waals surface area contributed by atoms with E-state index in [1.807, 2.05) is 6.07 Å². The summed E-state index contributed by atoms with van der Waals surface area (Å²) < 4.78 is 5.60. The molecule has 0 amide bonds. The van der Waals surface area contributed by atoms with Crippen LogP contribution in [0.2, 0.25) is 0 Å². The molecule has 0 bridgehead atoms. The van der Waals surface area contributed by atoms with E-state index in [0.29, 0.717) is 11.9 Å². The molecule has 2 fully saturated rings. The van der Waals surface area contributed by atoms with Crippen LogP contribution in [0.3, 0.4) is 0 Å². The van der Waals surface area contributed by atoms with Crippen molar-refractivity contribution in [1.82, 2.24) is 4.90 Å². The van der Waals surface area contributed by atoms with Crippen LogP contribution in [0.5, 0.6) is 0 Å². The Bertz CT molecular complexity index is 593. The number of benzene rings is 1. The van der Waals surface area contributed by atoms with E-state index in [9.17, 15) is 0 Å². The lowest BCUT2D eigenvalue weighted by molar-refractivity contribution is -0.0138. The van der Waals surface area contributed by atoms with Crippen LogP contribution in [0.1, 0.15) is 51.0 Å². The van der Waals surface area contributed by atoms with Crippen molar-refractivity contribution in [2.24, 2.45) is 10.7 Å². The molecule has 3 rings (SSSR count). The first-order valence-corrected chi connectivity index (χ1v) is 9.59. The lowest BCUT2D eigenvalue weighted by atomic mass is 9.88. The van der Waals surface area contributed by atoms with E-state index in [0.717, 1.165) is 38.3 Å². The van der Waals surface area contributed by atoms with Gasteiger partial charge in [0.1, 0.15) is 0 Å². The fourth-order valence-electron chi connectivity index (χ4n) is 3.91. The largest absolute Gasteiger partial charge is 0.381 e. The third kappa shape index (κ3) is 5.33. The summed E-state index contributed by atoms with van der Waals surface area (Å²) in [6, 6.07) is 8.40. The van der Waals surface area contributed by atoms with Gasteiger partial charge in [-0.1, -0.05) is 26.0 Å². The molecule has 2 aliphatic heterocycles. The zero-order valence-electron chi connectivity index (χ0n) is 16.0. The van der Waals surface area contributed by atoms with Crippen LogP contribution in [0.15, 0.2) is 29.3 Å². The summed E-state index contributed by atoms with van der Waals surface area (Å²) in [5.41, 5.74) is 8.63. The molecule has 146 valence electrons. The molecule has 2 saturated heterocycles. The molecule has 0 unspecified atom stereocenters. The SMILES string of the molecule is CC(C)c1cccc(NC(N)=NCC2(N3CCCC3)CCOCC2)c1.I. The molecule has 2 aliphatic rings. The van der Waals surface area contributed by atoms with Crippen molar-refractivity contribution in [3.05, 3.63) is 29.8 Å². The normalized spacial score (nSPS) is 20.8. The van der Waals surface area contributed by atoms with Crippen LogP contribution >= 0.6 is 24.0 Å². The molecular formula is C20H33IN4O. The van der Waals surface area contributed by atoms with Gasteiger partial charge in [0.2, 0.25) is 0 Å². The maximum atomic E-state index is 6.20. The predicted molar refractivity (Wildman–Crippen MR) is 120 cm³/mol. The van der Waals surface area contributed by atoms with Crippen LogP contribution < -0.4 is 11.1 Å². The van der Waals surface area contributed by atoms with E-state index in [1.54, 1.807) is 0 Å². The molecule has 6 heteroatoms. The molecule has 5 nitrogen and oxygen atoms in total. The third-order valence-electron chi connectivity index (χ3n) is 5.57. The Morgan fingerprint density at radius 3 is 2.62 bits per heavy atom. The first kappa shape index (κ1) is 21.4. The number of hydrogen-bond donors (Lipinski definition) is 2. The first-order chi connectivity index (χ1) is 12.1. The van der Waals surface area contributed by atoms with Crippen molar-refractivity contribution in [2.75, 3.05) is 38.2 Å². The average Bonchev–Trinajstić information content (AvgIpc) is 3.16. The van der Waals surface area contributed by atoms with Gasteiger partial charge in [0.05, 0.1) is 6.54 Å². The number of nitrogens with zero attached hydrogens (tertiary/aromatic N) is 2. The van der Waals surface area contributed by atoms with E-state index in [2.05, 4.69) is 42.3 Å². The highest BCUT2D eigenvalue weighted by Crippen LogP contribution is 2.31. The zero-order valence-corrected chi connectivity index (χ0v) is 18.4. The smallest absolute Gasteiger partial charge is 0.193 e. The monoisotopic (exact) mass is 472 g/mol.